The largest absolute Gasteiger partial charge is 0.504 e. The van der Waals surface area contributed by atoms with Gasteiger partial charge >= 0.3 is 5.97 Å². The summed E-state index contributed by atoms with van der Waals surface area (Å²) in [5.41, 5.74) is 0.747. The summed E-state index contributed by atoms with van der Waals surface area (Å²) in [5, 5.41) is 14.3. The molecule has 108 valence electrons. The van der Waals surface area contributed by atoms with Crippen LogP contribution in [-0.4, -0.2) is 49.4 Å². The number of nitrogens with zero attached hydrogens (tertiary/aromatic N) is 1. The third-order valence-corrected chi connectivity index (χ3v) is 2.91. The topological polar surface area (TPSA) is 71.0 Å². The van der Waals surface area contributed by atoms with Gasteiger partial charge in [0.25, 0.3) is 0 Å². The smallest absolute Gasteiger partial charge is 0.349 e. The van der Waals surface area contributed by atoms with Gasteiger partial charge in [-0.15, -0.1) is 5.06 Å². The van der Waals surface area contributed by atoms with Crippen molar-refractivity contribution in [2.45, 2.75) is 0 Å². The van der Waals surface area contributed by atoms with Crippen LogP contribution in [0.15, 0.2) is 24.3 Å². The van der Waals surface area contributed by atoms with Crippen molar-refractivity contribution in [3.05, 3.63) is 29.8 Å². The highest BCUT2D eigenvalue weighted by Crippen LogP contribution is 2.26. The Bertz CT molecular complexity index is 496. The summed E-state index contributed by atoms with van der Waals surface area (Å²) < 4.78 is 5.00. The SMILES string of the molecule is COc1cc(C=CC(=O)ON2CCNCC2)ccc1O. The van der Waals surface area contributed by atoms with Gasteiger partial charge in [0, 0.05) is 32.3 Å². The Morgan fingerprint density at radius 2 is 2.15 bits per heavy atom. The minimum atomic E-state index is -0.418. The van der Waals surface area contributed by atoms with E-state index in [-0.39, 0.29) is 5.75 Å². The third kappa shape index (κ3) is 3.97. The molecule has 2 rings (SSSR count). The summed E-state index contributed by atoms with van der Waals surface area (Å²) in [4.78, 5) is 16.8. The number of hydrogen-bond donors (Lipinski definition) is 2. The van der Waals surface area contributed by atoms with Gasteiger partial charge in [0.15, 0.2) is 11.5 Å². The number of carbonyl (C=O) groups is 1. The van der Waals surface area contributed by atoms with Gasteiger partial charge in [0.05, 0.1) is 7.11 Å². The van der Waals surface area contributed by atoms with Gasteiger partial charge in [-0.05, 0) is 23.8 Å². The summed E-state index contributed by atoms with van der Waals surface area (Å²) in [5.74, 6) is 0.00890. The summed E-state index contributed by atoms with van der Waals surface area (Å²) in [7, 11) is 1.47. The van der Waals surface area contributed by atoms with Gasteiger partial charge in [-0.25, -0.2) is 4.79 Å². The zero-order chi connectivity index (χ0) is 14.4. The highest BCUT2D eigenvalue weighted by Gasteiger charge is 2.12. The van der Waals surface area contributed by atoms with Crippen LogP contribution < -0.4 is 10.1 Å². The van der Waals surface area contributed by atoms with E-state index >= 15 is 0 Å². The summed E-state index contributed by atoms with van der Waals surface area (Å²) >= 11 is 0. The molecule has 1 aliphatic heterocycles. The second-order valence-corrected chi connectivity index (χ2v) is 4.35. The first-order valence-electron chi connectivity index (χ1n) is 6.42. The zero-order valence-corrected chi connectivity index (χ0v) is 11.3. The number of aromatic hydroxyl groups is 1. The molecule has 1 aromatic carbocycles. The van der Waals surface area contributed by atoms with Gasteiger partial charge < -0.3 is 20.0 Å². The van der Waals surface area contributed by atoms with E-state index in [1.165, 1.54) is 19.3 Å². The number of hydroxylamine groups is 2. The molecule has 1 aliphatic rings. The number of phenols is 1. The van der Waals surface area contributed by atoms with Crippen LogP contribution in [0.3, 0.4) is 0 Å². The maximum absolute atomic E-state index is 11.7. The molecular weight excluding hydrogens is 260 g/mol. The molecule has 0 aromatic heterocycles. The zero-order valence-electron chi connectivity index (χ0n) is 11.3. The van der Waals surface area contributed by atoms with Crippen LogP contribution >= 0.6 is 0 Å². The molecule has 2 N–H and O–H groups in total. The Labute approximate surface area is 117 Å². The molecule has 1 fully saturated rings. The molecule has 0 aliphatic carbocycles. The highest BCUT2D eigenvalue weighted by molar-refractivity contribution is 5.87. The van der Waals surface area contributed by atoms with E-state index in [2.05, 4.69) is 5.32 Å². The third-order valence-electron chi connectivity index (χ3n) is 2.91. The van der Waals surface area contributed by atoms with Gasteiger partial charge in [-0.3, -0.25) is 0 Å². The first-order chi connectivity index (χ1) is 9.69. The highest BCUT2D eigenvalue weighted by atomic mass is 16.7. The van der Waals surface area contributed by atoms with Crippen molar-refractivity contribution in [2.24, 2.45) is 0 Å². The van der Waals surface area contributed by atoms with Crippen molar-refractivity contribution in [1.82, 2.24) is 10.4 Å². The molecule has 1 aromatic rings. The van der Waals surface area contributed by atoms with Crippen LogP contribution in [0.25, 0.3) is 6.08 Å². The van der Waals surface area contributed by atoms with Crippen LogP contribution in [-0.2, 0) is 9.63 Å². The summed E-state index contributed by atoms with van der Waals surface area (Å²) in [6.45, 7) is 3.00. The number of ether oxygens (including phenoxy) is 1. The van der Waals surface area contributed by atoms with Crippen molar-refractivity contribution in [1.29, 1.82) is 0 Å². The van der Waals surface area contributed by atoms with E-state index in [0.29, 0.717) is 18.8 Å². The molecule has 0 spiro atoms. The van der Waals surface area contributed by atoms with Crippen LogP contribution in [0.4, 0.5) is 0 Å². The second-order valence-electron chi connectivity index (χ2n) is 4.35. The number of benzene rings is 1. The summed E-state index contributed by atoms with van der Waals surface area (Å²) in [6, 6.07) is 4.84. The molecule has 1 heterocycles. The number of carbonyl (C=O) groups excluding carboxylic acids is 1. The van der Waals surface area contributed by atoms with Gasteiger partial charge in [0.2, 0.25) is 0 Å². The van der Waals surface area contributed by atoms with Crippen LogP contribution in [0.2, 0.25) is 0 Å². The molecule has 0 saturated carbocycles. The molecule has 0 amide bonds. The Hall–Kier alpha value is -2.05. The normalized spacial score (nSPS) is 16.2. The van der Waals surface area contributed by atoms with Crippen LogP contribution in [0.1, 0.15) is 5.56 Å². The molecule has 0 atom stereocenters. The van der Waals surface area contributed by atoms with Crippen LogP contribution in [0.5, 0.6) is 11.5 Å². The lowest BCUT2D eigenvalue weighted by Gasteiger charge is -2.24. The number of nitrogens with one attached hydrogen (secondary N) is 1. The fraction of sp³-hybridized carbons (Fsp3) is 0.357. The van der Waals surface area contributed by atoms with Crippen molar-refractivity contribution in [2.75, 3.05) is 33.3 Å². The van der Waals surface area contributed by atoms with Crippen molar-refractivity contribution >= 4 is 12.0 Å². The fourth-order valence-electron chi connectivity index (χ4n) is 1.86. The van der Waals surface area contributed by atoms with E-state index in [4.69, 9.17) is 9.57 Å². The Kier molecular flexibility index (Phi) is 4.97. The number of phenolic OH excluding ortho intramolecular Hbond substituents is 1. The standard InChI is InChI=1S/C14H18N2O4/c1-19-13-10-11(2-4-12(13)17)3-5-14(18)20-16-8-6-15-7-9-16/h2-5,10,15,17H,6-9H2,1H3. The Morgan fingerprint density at radius 3 is 2.85 bits per heavy atom. The maximum Gasteiger partial charge on any atom is 0.349 e. The Morgan fingerprint density at radius 1 is 1.40 bits per heavy atom. The maximum atomic E-state index is 11.7. The Balaban J connectivity index is 1.92. The minimum absolute atomic E-state index is 0.0630. The average molecular weight is 278 g/mol. The van der Waals surface area contributed by atoms with Gasteiger partial charge in [0.1, 0.15) is 0 Å². The van der Waals surface area contributed by atoms with Crippen LogP contribution in [0, 0.1) is 0 Å². The van der Waals surface area contributed by atoms with E-state index in [0.717, 1.165) is 18.7 Å². The molecule has 6 nitrogen and oxygen atoms in total. The predicted octanol–water partition coefficient (Wildman–Crippen LogP) is 0.777. The number of piperazine rings is 1. The lowest BCUT2D eigenvalue weighted by Crippen LogP contribution is -2.44. The fourth-order valence-corrected chi connectivity index (χ4v) is 1.86. The average Bonchev–Trinajstić information content (AvgIpc) is 2.47. The summed E-state index contributed by atoms with van der Waals surface area (Å²) in [6.07, 6.45) is 2.97. The van der Waals surface area contributed by atoms with E-state index < -0.39 is 5.97 Å². The first kappa shape index (κ1) is 14.4. The number of methoxy groups -OCH3 is 1. The molecule has 20 heavy (non-hydrogen) atoms. The molecular formula is C14H18N2O4. The van der Waals surface area contributed by atoms with E-state index in [9.17, 15) is 9.90 Å². The van der Waals surface area contributed by atoms with Gasteiger partial charge in [-0.1, -0.05) is 6.07 Å². The first-order valence-corrected chi connectivity index (χ1v) is 6.42. The predicted molar refractivity (Wildman–Crippen MR) is 74.2 cm³/mol. The molecule has 6 heteroatoms. The number of hydrogen-bond acceptors (Lipinski definition) is 6. The van der Waals surface area contributed by atoms with Crippen molar-refractivity contribution in [3.63, 3.8) is 0 Å². The second kappa shape index (κ2) is 6.93. The molecule has 0 radical (unpaired) electrons. The number of rotatable bonds is 4. The molecule has 0 unspecified atom stereocenters. The molecule has 0 bridgehead atoms. The molecule has 1 saturated heterocycles. The lowest BCUT2D eigenvalue weighted by molar-refractivity contribution is -0.186. The van der Waals surface area contributed by atoms with Crippen molar-refractivity contribution < 1.29 is 19.5 Å². The van der Waals surface area contributed by atoms with Crippen molar-refractivity contribution in [3.8, 4) is 11.5 Å². The minimum Gasteiger partial charge on any atom is -0.504 e. The van der Waals surface area contributed by atoms with E-state index in [1.807, 2.05) is 0 Å². The lowest BCUT2D eigenvalue weighted by atomic mass is 10.2. The quantitative estimate of drug-likeness (QED) is 0.793. The monoisotopic (exact) mass is 278 g/mol. The van der Waals surface area contributed by atoms with Gasteiger partial charge in [-0.2, -0.15) is 0 Å². The van der Waals surface area contributed by atoms with E-state index in [1.54, 1.807) is 23.3 Å².